The Hall–Kier alpha value is -0.630. The molecule has 0 amide bonds. The van der Waals surface area contributed by atoms with Crippen LogP contribution in [0.2, 0.25) is 5.15 Å². The van der Waals surface area contributed by atoms with Gasteiger partial charge in [0.05, 0.1) is 12.9 Å². The largest absolute Gasteiger partial charge is 0.395 e. The minimum Gasteiger partial charge on any atom is -0.395 e. The SMILES string of the molecule is CCCCCCN(CCO)S(=O)(=O)c1ncn(C)c1Cl. The number of aliphatic hydroxyl groups is 1. The van der Waals surface area contributed by atoms with Gasteiger partial charge in [-0.1, -0.05) is 37.8 Å². The zero-order chi connectivity index (χ0) is 15.2. The normalized spacial score (nSPS) is 12.2. The number of rotatable bonds is 9. The standard InChI is InChI=1S/C12H22ClN3O3S/c1-3-4-5-6-7-16(8-9-17)20(18,19)12-11(13)15(2)10-14-12/h10,17H,3-9H2,1-2H3. The third kappa shape index (κ3) is 4.18. The topological polar surface area (TPSA) is 75.4 Å². The van der Waals surface area contributed by atoms with E-state index in [2.05, 4.69) is 11.9 Å². The van der Waals surface area contributed by atoms with Gasteiger partial charge in [-0.25, -0.2) is 13.4 Å². The molecular weight excluding hydrogens is 302 g/mol. The molecule has 0 saturated carbocycles. The fraction of sp³-hybridized carbons (Fsp3) is 0.750. The van der Waals surface area contributed by atoms with Gasteiger partial charge in [0.25, 0.3) is 10.0 Å². The van der Waals surface area contributed by atoms with Crippen molar-refractivity contribution in [2.75, 3.05) is 19.7 Å². The smallest absolute Gasteiger partial charge is 0.263 e. The van der Waals surface area contributed by atoms with E-state index < -0.39 is 10.0 Å². The summed E-state index contributed by atoms with van der Waals surface area (Å²) in [5.41, 5.74) is 0. The number of halogens is 1. The van der Waals surface area contributed by atoms with E-state index in [1.54, 1.807) is 7.05 Å². The molecule has 116 valence electrons. The Kier molecular flexibility index (Phi) is 6.94. The molecule has 8 heteroatoms. The van der Waals surface area contributed by atoms with Gasteiger partial charge in [-0.15, -0.1) is 0 Å². The molecule has 0 spiro atoms. The summed E-state index contributed by atoms with van der Waals surface area (Å²) in [7, 11) is -2.12. The minimum atomic E-state index is -3.75. The van der Waals surface area contributed by atoms with E-state index in [0.717, 1.165) is 25.7 Å². The molecule has 0 atom stereocenters. The fourth-order valence-corrected chi connectivity index (χ4v) is 3.73. The van der Waals surface area contributed by atoms with Crippen LogP contribution in [0.3, 0.4) is 0 Å². The van der Waals surface area contributed by atoms with Gasteiger partial charge in [0.15, 0.2) is 0 Å². The van der Waals surface area contributed by atoms with Crippen LogP contribution in [0.25, 0.3) is 0 Å². The van der Waals surface area contributed by atoms with Gasteiger partial charge < -0.3 is 9.67 Å². The molecule has 0 radical (unpaired) electrons. The predicted molar refractivity (Wildman–Crippen MR) is 78.2 cm³/mol. The summed E-state index contributed by atoms with van der Waals surface area (Å²) >= 11 is 5.95. The first-order valence-corrected chi connectivity index (χ1v) is 8.54. The average Bonchev–Trinajstić information content (AvgIpc) is 2.74. The first-order valence-electron chi connectivity index (χ1n) is 6.73. The highest BCUT2D eigenvalue weighted by atomic mass is 35.5. The maximum atomic E-state index is 12.5. The van der Waals surface area contributed by atoms with E-state index in [4.69, 9.17) is 16.7 Å². The van der Waals surface area contributed by atoms with E-state index in [1.807, 2.05) is 0 Å². The molecule has 1 heterocycles. The summed E-state index contributed by atoms with van der Waals surface area (Å²) in [5, 5.41) is 9.00. The Morgan fingerprint density at radius 3 is 2.55 bits per heavy atom. The van der Waals surface area contributed by atoms with Crippen molar-refractivity contribution in [2.24, 2.45) is 7.05 Å². The van der Waals surface area contributed by atoms with Crippen molar-refractivity contribution in [1.29, 1.82) is 0 Å². The lowest BCUT2D eigenvalue weighted by Crippen LogP contribution is -2.35. The van der Waals surface area contributed by atoms with Crippen molar-refractivity contribution in [1.82, 2.24) is 13.9 Å². The summed E-state index contributed by atoms with van der Waals surface area (Å²) in [6, 6.07) is 0. The number of nitrogens with zero attached hydrogens (tertiary/aromatic N) is 3. The van der Waals surface area contributed by atoms with Crippen molar-refractivity contribution in [2.45, 2.75) is 37.6 Å². The molecule has 1 N–H and O–H groups in total. The van der Waals surface area contributed by atoms with Gasteiger partial charge in [0, 0.05) is 20.1 Å². The molecule has 0 unspecified atom stereocenters. The van der Waals surface area contributed by atoms with Crippen LogP contribution in [0.15, 0.2) is 11.4 Å². The molecule has 0 bridgehead atoms. The minimum absolute atomic E-state index is 0.0569. The second kappa shape index (κ2) is 7.97. The number of hydrogen-bond acceptors (Lipinski definition) is 4. The molecule has 0 aliphatic heterocycles. The zero-order valence-corrected chi connectivity index (χ0v) is 13.5. The van der Waals surface area contributed by atoms with E-state index in [0.29, 0.717) is 6.54 Å². The molecule has 0 aliphatic rings. The lowest BCUT2D eigenvalue weighted by molar-refractivity contribution is 0.251. The highest BCUT2D eigenvalue weighted by Gasteiger charge is 2.29. The summed E-state index contributed by atoms with van der Waals surface area (Å²) in [5.74, 6) is 0. The van der Waals surface area contributed by atoms with Gasteiger partial charge >= 0.3 is 0 Å². The van der Waals surface area contributed by atoms with Crippen LogP contribution in [0.1, 0.15) is 32.6 Å². The van der Waals surface area contributed by atoms with Crippen LogP contribution in [0, 0.1) is 0 Å². The summed E-state index contributed by atoms with van der Waals surface area (Å²) in [6.07, 6.45) is 5.24. The Morgan fingerprint density at radius 2 is 2.05 bits per heavy atom. The van der Waals surface area contributed by atoms with Gasteiger partial charge in [0.2, 0.25) is 5.03 Å². The highest BCUT2D eigenvalue weighted by molar-refractivity contribution is 7.89. The van der Waals surface area contributed by atoms with E-state index in [-0.39, 0.29) is 23.3 Å². The maximum absolute atomic E-state index is 12.5. The summed E-state index contributed by atoms with van der Waals surface area (Å²) in [6.45, 7) is 2.30. The molecule has 0 fully saturated rings. The van der Waals surface area contributed by atoms with Crippen LogP contribution < -0.4 is 0 Å². The first-order chi connectivity index (χ1) is 9.45. The number of sulfonamides is 1. The molecule has 0 saturated heterocycles. The van der Waals surface area contributed by atoms with E-state index in [1.165, 1.54) is 15.2 Å². The lowest BCUT2D eigenvalue weighted by atomic mass is 10.2. The number of aryl methyl sites for hydroxylation is 1. The van der Waals surface area contributed by atoms with Crippen molar-refractivity contribution < 1.29 is 13.5 Å². The Balaban J connectivity index is 2.86. The van der Waals surface area contributed by atoms with Gasteiger partial charge in [-0.05, 0) is 6.42 Å². The fourth-order valence-electron chi connectivity index (χ4n) is 1.87. The van der Waals surface area contributed by atoms with Crippen LogP contribution in [-0.2, 0) is 17.1 Å². The Bertz CT molecular complexity index is 516. The van der Waals surface area contributed by atoms with Crippen LogP contribution in [0.5, 0.6) is 0 Å². The number of unbranched alkanes of at least 4 members (excludes halogenated alkanes) is 3. The molecule has 1 aromatic rings. The Labute approximate surface area is 125 Å². The third-order valence-corrected chi connectivity index (χ3v) is 5.42. The lowest BCUT2D eigenvalue weighted by Gasteiger charge is -2.20. The quantitative estimate of drug-likeness (QED) is 0.701. The third-order valence-electron chi connectivity index (χ3n) is 3.03. The van der Waals surface area contributed by atoms with Gasteiger partial charge in [-0.3, -0.25) is 0 Å². The summed E-state index contributed by atoms with van der Waals surface area (Å²) < 4.78 is 27.6. The molecular formula is C12H22ClN3O3S. The molecule has 1 rings (SSSR count). The Morgan fingerprint density at radius 1 is 1.35 bits per heavy atom. The number of aliphatic hydroxyl groups excluding tert-OH is 1. The first kappa shape index (κ1) is 17.4. The van der Waals surface area contributed by atoms with Crippen molar-refractivity contribution >= 4 is 21.6 Å². The van der Waals surface area contributed by atoms with Gasteiger partial charge in [-0.2, -0.15) is 4.31 Å². The van der Waals surface area contributed by atoms with Crippen LogP contribution >= 0.6 is 11.6 Å². The number of aromatic nitrogens is 2. The molecule has 6 nitrogen and oxygen atoms in total. The monoisotopic (exact) mass is 323 g/mol. The average molecular weight is 324 g/mol. The summed E-state index contributed by atoms with van der Waals surface area (Å²) in [4.78, 5) is 3.85. The van der Waals surface area contributed by atoms with E-state index in [9.17, 15) is 8.42 Å². The molecule has 1 aromatic heterocycles. The molecule has 0 aromatic carbocycles. The highest BCUT2D eigenvalue weighted by Crippen LogP contribution is 2.22. The van der Waals surface area contributed by atoms with Crippen LogP contribution in [-0.4, -0.2) is 47.1 Å². The van der Waals surface area contributed by atoms with Crippen molar-refractivity contribution in [3.05, 3.63) is 11.5 Å². The molecule has 20 heavy (non-hydrogen) atoms. The number of imidazole rings is 1. The van der Waals surface area contributed by atoms with Crippen molar-refractivity contribution in [3.63, 3.8) is 0 Å². The second-order valence-electron chi connectivity index (χ2n) is 4.64. The van der Waals surface area contributed by atoms with Crippen LogP contribution in [0.4, 0.5) is 0 Å². The number of hydrogen-bond donors (Lipinski definition) is 1. The molecule has 0 aliphatic carbocycles. The maximum Gasteiger partial charge on any atom is 0.263 e. The van der Waals surface area contributed by atoms with E-state index >= 15 is 0 Å². The second-order valence-corrected chi connectivity index (χ2v) is 6.85. The predicted octanol–water partition coefficient (Wildman–Crippen LogP) is 1.64. The van der Waals surface area contributed by atoms with Gasteiger partial charge in [0.1, 0.15) is 5.15 Å². The zero-order valence-electron chi connectivity index (χ0n) is 11.9. The van der Waals surface area contributed by atoms with Crippen molar-refractivity contribution in [3.8, 4) is 0 Å².